The van der Waals surface area contributed by atoms with E-state index >= 15 is 0 Å². The Labute approximate surface area is 369 Å². The fourth-order valence-electron chi connectivity index (χ4n) is 9.49. The smallest absolute Gasteiger partial charge is 0.254 e. The number of hydrogen-bond donors (Lipinski definition) is 3. The van der Waals surface area contributed by atoms with Crippen molar-refractivity contribution < 1.29 is 29.1 Å². The van der Waals surface area contributed by atoms with Crippen molar-refractivity contribution in [3.8, 4) is 33.3 Å². The molecule has 4 aromatic heterocycles. The molecule has 2 amide bonds. The quantitative estimate of drug-likeness (QED) is 0.109. The van der Waals surface area contributed by atoms with Gasteiger partial charge < -0.3 is 29.7 Å². The lowest BCUT2D eigenvalue weighted by Crippen LogP contribution is -2.55. The van der Waals surface area contributed by atoms with E-state index in [0.717, 1.165) is 70.7 Å². The van der Waals surface area contributed by atoms with Crippen molar-refractivity contribution in [3.63, 3.8) is 0 Å². The molecule has 0 spiro atoms. The first kappa shape index (κ1) is 42.1. The first-order valence-electron chi connectivity index (χ1n) is 21.6. The number of para-hydroxylation sites is 1. The van der Waals surface area contributed by atoms with E-state index in [1.807, 2.05) is 75.7 Å². The average molecular weight is 876 g/mol. The second kappa shape index (κ2) is 17.5. The molecule has 2 aromatic carbocycles. The third kappa shape index (κ3) is 8.23. The maximum Gasteiger partial charge on any atom is 0.254 e. The van der Waals surface area contributed by atoms with E-state index in [-0.39, 0.29) is 54.6 Å². The molecule has 6 atom stereocenters. The molecule has 3 aliphatic rings. The molecule has 3 fully saturated rings. The number of nitrogens with zero attached hydrogens (tertiary/aromatic N) is 6. The summed E-state index contributed by atoms with van der Waals surface area (Å²) in [5.41, 5.74) is 7.43. The van der Waals surface area contributed by atoms with E-state index in [0.29, 0.717) is 28.8 Å². The zero-order valence-corrected chi connectivity index (χ0v) is 37.3. The number of fused-ring (bicyclic) bond motifs is 1. The topological polar surface area (TPSA) is 167 Å². The van der Waals surface area contributed by atoms with Crippen LogP contribution < -0.4 is 10.1 Å². The van der Waals surface area contributed by atoms with Gasteiger partial charge in [-0.15, -0.1) is 32.9 Å². The predicted octanol–water partition coefficient (Wildman–Crippen LogP) is 8.16. The summed E-state index contributed by atoms with van der Waals surface area (Å²) in [5.74, 6) is -0.0904. The van der Waals surface area contributed by atoms with Crippen molar-refractivity contribution in [2.24, 2.45) is 5.92 Å². The van der Waals surface area contributed by atoms with E-state index in [4.69, 9.17) is 9.26 Å². The number of β-amino-alcohol motifs (C(OH)–C–C–N with tert-alkyl or cyclic N) is 1. The fraction of sp³-hybridized carbons (Fsp3) is 0.447. The number of aromatic nitrogens is 4. The highest BCUT2D eigenvalue weighted by Gasteiger charge is 2.44. The minimum Gasteiger partial charge on any atom is -0.507 e. The van der Waals surface area contributed by atoms with Crippen LogP contribution in [-0.4, -0.2) is 96.1 Å². The number of aliphatic hydroxyl groups is 1. The van der Waals surface area contributed by atoms with Crippen molar-refractivity contribution in [1.29, 1.82) is 0 Å². The van der Waals surface area contributed by atoms with Gasteiger partial charge in [-0.05, 0) is 111 Å². The predicted molar refractivity (Wildman–Crippen MR) is 239 cm³/mol. The molecular weight excluding hydrogens is 823 g/mol. The SMILES string of the molecule is Cc1ncsc1-c1ccc([C@H](C)NC(=O)[C@@H]2C[C@@H](O)CN2C(=O)[C@@H](c2cc(O[C@@H]3CC[C@@H]3N3CCC(c4sc5nnc(-c6ccccc6O)cc5c4C)CC3)no2)C(C)C)cc1. The summed E-state index contributed by atoms with van der Waals surface area (Å²) in [6.07, 6.45) is 3.31. The number of ether oxygens (including phenoxy) is 1. The molecule has 3 N–H and O–H groups in total. The zero-order chi connectivity index (χ0) is 43.2. The summed E-state index contributed by atoms with van der Waals surface area (Å²) >= 11 is 3.33. The highest BCUT2D eigenvalue weighted by Crippen LogP contribution is 2.43. The van der Waals surface area contributed by atoms with Crippen LogP contribution in [0.3, 0.4) is 0 Å². The van der Waals surface area contributed by atoms with Crippen molar-refractivity contribution in [2.75, 3.05) is 19.6 Å². The van der Waals surface area contributed by atoms with Gasteiger partial charge in [0.2, 0.25) is 11.8 Å². The minimum absolute atomic E-state index is 0.0383. The summed E-state index contributed by atoms with van der Waals surface area (Å²) in [4.78, 5) is 39.9. The van der Waals surface area contributed by atoms with Gasteiger partial charge in [0, 0.05) is 40.9 Å². The summed E-state index contributed by atoms with van der Waals surface area (Å²) in [7, 11) is 0. The number of aromatic hydroxyl groups is 1. The molecular formula is C47H53N7O6S2. The van der Waals surface area contributed by atoms with E-state index in [1.54, 1.807) is 40.9 Å². The maximum absolute atomic E-state index is 14.3. The number of rotatable bonds is 12. The largest absolute Gasteiger partial charge is 0.507 e. The van der Waals surface area contributed by atoms with Crippen LogP contribution in [0.15, 0.2) is 70.7 Å². The highest BCUT2D eigenvalue weighted by atomic mass is 32.1. The number of likely N-dealkylation sites (tertiary alicyclic amines) is 2. The molecule has 0 bridgehead atoms. The molecule has 0 radical (unpaired) electrons. The first-order valence-corrected chi connectivity index (χ1v) is 23.3. The van der Waals surface area contributed by atoms with E-state index in [1.165, 1.54) is 15.3 Å². The maximum atomic E-state index is 14.3. The van der Waals surface area contributed by atoms with Crippen LogP contribution in [0.4, 0.5) is 0 Å². The number of hydrogen-bond acceptors (Lipinski definition) is 13. The highest BCUT2D eigenvalue weighted by molar-refractivity contribution is 7.19. The summed E-state index contributed by atoms with van der Waals surface area (Å²) < 4.78 is 12.3. The Hall–Kier alpha value is -5.22. The van der Waals surface area contributed by atoms with Crippen LogP contribution in [0, 0.1) is 19.8 Å². The molecule has 15 heteroatoms. The number of phenolic OH excluding ortho intramolecular Hbond substituents is 1. The van der Waals surface area contributed by atoms with E-state index in [2.05, 4.69) is 37.5 Å². The number of amides is 2. The molecule has 9 rings (SSSR count). The van der Waals surface area contributed by atoms with Gasteiger partial charge in [-0.2, -0.15) is 0 Å². The zero-order valence-electron chi connectivity index (χ0n) is 35.7. The van der Waals surface area contributed by atoms with Gasteiger partial charge in [0.05, 0.1) is 33.9 Å². The van der Waals surface area contributed by atoms with E-state index < -0.39 is 18.1 Å². The Morgan fingerprint density at radius 2 is 1.76 bits per heavy atom. The lowest BCUT2D eigenvalue weighted by Gasteiger charge is -2.46. The van der Waals surface area contributed by atoms with Gasteiger partial charge >= 0.3 is 0 Å². The molecule has 0 unspecified atom stereocenters. The van der Waals surface area contributed by atoms with Crippen LogP contribution >= 0.6 is 22.7 Å². The Bertz CT molecular complexity index is 2560. The fourth-order valence-corrected chi connectivity index (χ4v) is 11.6. The van der Waals surface area contributed by atoms with Crippen molar-refractivity contribution in [1.82, 2.24) is 35.5 Å². The Morgan fingerprint density at radius 1 is 0.984 bits per heavy atom. The van der Waals surface area contributed by atoms with Gasteiger partial charge in [-0.25, -0.2) is 4.98 Å². The molecule has 2 aliphatic heterocycles. The van der Waals surface area contributed by atoms with Crippen molar-refractivity contribution >= 4 is 44.7 Å². The average Bonchev–Trinajstić information content (AvgIpc) is 4.07. The summed E-state index contributed by atoms with van der Waals surface area (Å²) in [6, 6.07) is 18.2. The number of carbonyl (C=O) groups is 2. The number of aliphatic hydroxyl groups excluding tert-OH is 1. The van der Waals surface area contributed by atoms with E-state index in [9.17, 15) is 19.8 Å². The normalized spacial score (nSPS) is 21.9. The number of nitrogens with one attached hydrogen (secondary N) is 1. The Kier molecular flexibility index (Phi) is 11.9. The van der Waals surface area contributed by atoms with Crippen molar-refractivity contribution in [2.45, 2.75) is 109 Å². The second-order valence-electron chi connectivity index (χ2n) is 17.5. The summed E-state index contributed by atoms with van der Waals surface area (Å²) in [6.45, 7) is 12.0. The van der Waals surface area contributed by atoms with Gasteiger partial charge in [-0.3, -0.25) is 14.5 Å². The first-order chi connectivity index (χ1) is 29.9. The molecule has 324 valence electrons. The third-order valence-electron chi connectivity index (χ3n) is 13.1. The molecule has 6 heterocycles. The number of piperidine rings is 1. The molecule has 6 aromatic rings. The third-order valence-corrected chi connectivity index (χ3v) is 15.5. The number of thiophene rings is 1. The van der Waals surface area contributed by atoms with Gasteiger partial charge in [0.15, 0.2) is 5.76 Å². The molecule has 13 nitrogen and oxygen atoms in total. The number of phenols is 1. The lowest BCUT2D eigenvalue weighted by atomic mass is 9.84. The standard InChI is InChI=1S/C47H53N7O6S2/c1-25(2)42(47(58)54-23-32(55)20-37(54)45(57)49-27(4)29-10-12-30(13-11-29)44-28(5)48-24-61-44)40-22-41(52-60-40)59-39-15-14-36(39)53-18-16-31(17-19-53)43-26(3)34-21-35(50-51-46(34)62-43)33-8-6-7-9-38(33)56/h6-13,21-22,24-25,27,31-32,36-37,39,42,55-56H,14-20,23H2,1-5H3,(H,49,57)/t27-,32+,36-,37-,39+,42+/m0/s1. The molecule has 1 saturated carbocycles. The lowest BCUT2D eigenvalue weighted by molar-refractivity contribution is -0.141. The number of thiazole rings is 1. The minimum atomic E-state index is -0.821. The summed E-state index contributed by atoms with van der Waals surface area (Å²) in [5, 5.41) is 38.6. The van der Waals surface area contributed by atoms with Crippen molar-refractivity contribution in [3.05, 3.63) is 93.6 Å². The Morgan fingerprint density at radius 3 is 2.45 bits per heavy atom. The number of carbonyl (C=O) groups excluding carboxylic acids is 2. The second-order valence-corrected chi connectivity index (χ2v) is 19.4. The van der Waals surface area contributed by atoms with Crippen LogP contribution in [0.25, 0.3) is 31.9 Å². The van der Waals surface area contributed by atoms with Gasteiger partial charge in [0.1, 0.15) is 28.6 Å². The number of aryl methyl sites for hydroxylation is 2. The number of benzene rings is 2. The van der Waals surface area contributed by atoms with Crippen LogP contribution in [-0.2, 0) is 9.59 Å². The molecule has 62 heavy (non-hydrogen) atoms. The van der Waals surface area contributed by atoms with Crippen LogP contribution in [0.1, 0.15) is 98.2 Å². The van der Waals surface area contributed by atoms with Crippen LogP contribution in [0.5, 0.6) is 11.6 Å². The van der Waals surface area contributed by atoms with Gasteiger partial charge in [-0.1, -0.05) is 50.2 Å². The molecule has 2 saturated heterocycles. The Balaban J connectivity index is 0.808. The van der Waals surface area contributed by atoms with Crippen LogP contribution in [0.2, 0.25) is 0 Å². The molecule has 1 aliphatic carbocycles. The van der Waals surface area contributed by atoms with Gasteiger partial charge in [0.25, 0.3) is 5.88 Å². The monoisotopic (exact) mass is 875 g/mol.